The van der Waals surface area contributed by atoms with Crippen LogP contribution in [0.1, 0.15) is 115 Å². The molecule has 5 heterocycles. The second kappa shape index (κ2) is 19.5. The molecule has 7 N–H and O–H groups in total. The van der Waals surface area contributed by atoms with Crippen LogP contribution in [-0.2, 0) is 40.8 Å². The van der Waals surface area contributed by atoms with Gasteiger partial charge in [0.1, 0.15) is 23.9 Å². The highest BCUT2D eigenvalue weighted by Gasteiger charge is 2.55. The number of dihydropyridines is 1. The van der Waals surface area contributed by atoms with Crippen LogP contribution >= 0.6 is 0 Å². The maximum Gasteiger partial charge on any atom is 0.161 e. The van der Waals surface area contributed by atoms with E-state index < -0.39 is 12.3 Å². The number of aryl methyl sites for hydroxylation is 2. The lowest BCUT2D eigenvalue weighted by Gasteiger charge is -2.56. The second-order valence-corrected chi connectivity index (χ2v) is 21.4. The van der Waals surface area contributed by atoms with Gasteiger partial charge in [-0.05, 0) is 176 Å². The van der Waals surface area contributed by atoms with E-state index in [1.165, 1.54) is 16.7 Å². The Morgan fingerprint density at radius 3 is 2.64 bits per heavy atom. The summed E-state index contributed by atoms with van der Waals surface area (Å²) in [7, 11) is 0. The lowest BCUT2D eigenvalue weighted by molar-refractivity contribution is -0.0894. The van der Waals surface area contributed by atoms with Crippen LogP contribution in [0.3, 0.4) is 0 Å². The van der Waals surface area contributed by atoms with E-state index in [2.05, 4.69) is 76.6 Å². The predicted octanol–water partition coefficient (Wildman–Crippen LogP) is 10.4. The molecule has 0 radical (unpaired) electrons. The number of rotatable bonds is 6. The molecule has 6 aromatic rings. The molecular weight excluding hydrogens is 899 g/mol. The van der Waals surface area contributed by atoms with Crippen LogP contribution in [0.4, 0.5) is 0 Å². The molecule has 8 atom stereocenters. The highest BCUT2D eigenvalue weighted by Crippen LogP contribution is 2.60. The summed E-state index contributed by atoms with van der Waals surface area (Å²) in [5.41, 5.74) is 17.5. The molecule has 4 aliphatic heterocycles. The van der Waals surface area contributed by atoms with Crippen molar-refractivity contribution in [3.8, 4) is 34.8 Å². The zero-order valence-electron chi connectivity index (χ0n) is 40.9. The summed E-state index contributed by atoms with van der Waals surface area (Å²) in [5.74, 6) is 10.1. The molecule has 10 nitrogen and oxygen atoms in total. The Bertz CT molecular complexity index is 3160. The minimum absolute atomic E-state index is 0.0719. The van der Waals surface area contributed by atoms with E-state index in [4.69, 9.17) is 19.9 Å². The van der Waals surface area contributed by atoms with Crippen molar-refractivity contribution in [2.75, 3.05) is 13.2 Å². The summed E-state index contributed by atoms with van der Waals surface area (Å²) in [4.78, 5) is 0. The first-order valence-corrected chi connectivity index (χ1v) is 26.3. The van der Waals surface area contributed by atoms with Crippen LogP contribution in [0.25, 0.3) is 16.6 Å². The van der Waals surface area contributed by atoms with Gasteiger partial charge in [0.25, 0.3) is 0 Å². The number of ether oxygens (including phenoxy) is 3. The summed E-state index contributed by atoms with van der Waals surface area (Å²) >= 11 is 0. The summed E-state index contributed by atoms with van der Waals surface area (Å²) in [6, 6.07) is 32.5. The number of aliphatic hydroxyl groups excluding tert-OH is 1. The van der Waals surface area contributed by atoms with Crippen LogP contribution in [0.2, 0.25) is 0 Å². The monoisotopic (exact) mass is 963 g/mol. The van der Waals surface area contributed by atoms with E-state index in [0.717, 1.165) is 113 Å². The summed E-state index contributed by atoms with van der Waals surface area (Å²) in [5, 5.41) is 49.5. The largest absolute Gasteiger partial charge is 0.508 e. The van der Waals surface area contributed by atoms with E-state index in [1.54, 1.807) is 24.3 Å². The Morgan fingerprint density at radius 2 is 1.72 bits per heavy atom. The SMILES string of the molecule is NC1C=C2C#CC(CCc3ccc(O)c(Cc4cccc(O)c4)c3)CCCC3CC(O)CCc4ccc(O)c(c4)OCc4cc(C56CCOC7CCC(CC75)c5ccccc56)cc5cn(cc45)C(=C2CO3)N1. The van der Waals surface area contributed by atoms with Crippen molar-refractivity contribution in [1.29, 1.82) is 0 Å². The van der Waals surface area contributed by atoms with Gasteiger partial charge in [-0.1, -0.05) is 72.5 Å². The van der Waals surface area contributed by atoms with Gasteiger partial charge in [-0.15, -0.1) is 0 Å². The van der Waals surface area contributed by atoms with Gasteiger partial charge >= 0.3 is 0 Å². The lowest BCUT2D eigenvalue weighted by atomic mass is 9.51. The van der Waals surface area contributed by atoms with Crippen molar-refractivity contribution in [2.24, 2.45) is 17.6 Å². The number of aromatic nitrogens is 1. The predicted molar refractivity (Wildman–Crippen MR) is 280 cm³/mol. The molecule has 12 rings (SSSR count). The first kappa shape index (κ1) is 46.6. The van der Waals surface area contributed by atoms with Gasteiger partial charge in [-0.25, -0.2) is 0 Å². The van der Waals surface area contributed by atoms with Gasteiger partial charge in [0, 0.05) is 58.7 Å². The summed E-state index contributed by atoms with van der Waals surface area (Å²) < 4.78 is 22.4. The Hall–Kier alpha value is -6.48. The van der Waals surface area contributed by atoms with Crippen molar-refractivity contribution in [3.63, 3.8) is 0 Å². The molecule has 1 saturated heterocycles. The Balaban J connectivity index is 0.947. The molecule has 10 heteroatoms. The fraction of sp³-hybridized carbons (Fsp3) is 0.387. The Labute approximate surface area is 422 Å². The van der Waals surface area contributed by atoms with Crippen LogP contribution in [-0.4, -0.2) is 62.7 Å². The number of aromatic hydroxyl groups is 3. The smallest absolute Gasteiger partial charge is 0.161 e. The Kier molecular flexibility index (Phi) is 12.6. The third kappa shape index (κ3) is 9.06. The first-order valence-electron chi connectivity index (χ1n) is 26.3. The summed E-state index contributed by atoms with van der Waals surface area (Å²) in [6.07, 6.45) is 15.8. The van der Waals surface area contributed by atoms with Gasteiger partial charge in [0.15, 0.2) is 11.5 Å². The fourth-order valence-electron chi connectivity index (χ4n) is 13.3. The van der Waals surface area contributed by atoms with Crippen molar-refractivity contribution >= 4 is 16.6 Å². The highest BCUT2D eigenvalue weighted by atomic mass is 16.5. The Morgan fingerprint density at radius 1 is 0.819 bits per heavy atom. The zero-order chi connectivity index (χ0) is 48.9. The van der Waals surface area contributed by atoms with Gasteiger partial charge < -0.3 is 50.3 Å². The molecule has 8 bridgehead atoms. The van der Waals surface area contributed by atoms with Crippen molar-refractivity contribution in [3.05, 3.63) is 171 Å². The maximum absolute atomic E-state index is 11.6. The molecule has 2 fully saturated rings. The number of hydrogen-bond acceptors (Lipinski definition) is 9. The van der Waals surface area contributed by atoms with Crippen LogP contribution in [0.15, 0.2) is 127 Å². The van der Waals surface area contributed by atoms with E-state index in [9.17, 15) is 20.4 Å². The van der Waals surface area contributed by atoms with Crippen molar-refractivity contribution in [2.45, 2.75) is 126 Å². The van der Waals surface area contributed by atoms with Crippen molar-refractivity contribution < 1.29 is 34.6 Å². The quantitative estimate of drug-likeness (QED) is 0.0897. The van der Waals surface area contributed by atoms with Gasteiger partial charge in [0.05, 0.1) is 31.1 Å². The van der Waals surface area contributed by atoms with Crippen LogP contribution in [0, 0.1) is 23.7 Å². The molecular formula is C62H65N3O7. The fourth-order valence-corrected chi connectivity index (χ4v) is 13.3. The summed E-state index contributed by atoms with van der Waals surface area (Å²) in [6.45, 7) is 1.23. The van der Waals surface area contributed by atoms with Crippen LogP contribution in [0.5, 0.6) is 23.0 Å². The number of phenolic OH excluding ortho intramolecular Hbond substituents is 3. The minimum atomic E-state index is -0.606. The third-order valence-corrected chi connectivity index (χ3v) is 16.9. The third-order valence-electron chi connectivity index (χ3n) is 16.9. The molecule has 8 unspecified atom stereocenters. The molecule has 0 spiro atoms. The van der Waals surface area contributed by atoms with E-state index in [0.29, 0.717) is 49.9 Å². The second-order valence-electron chi connectivity index (χ2n) is 21.4. The molecule has 72 heavy (non-hydrogen) atoms. The van der Waals surface area contributed by atoms with Crippen molar-refractivity contribution in [1.82, 2.24) is 9.88 Å². The number of hydrogen-bond donors (Lipinski definition) is 6. The lowest BCUT2D eigenvalue weighted by Crippen LogP contribution is -2.54. The maximum atomic E-state index is 11.6. The molecule has 0 amide bonds. The van der Waals surface area contributed by atoms with E-state index >= 15 is 0 Å². The number of aliphatic hydroxyl groups is 1. The zero-order valence-corrected chi connectivity index (χ0v) is 40.9. The molecule has 2 aliphatic carbocycles. The number of fused-ring (bicyclic) bond motifs is 10. The minimum Gasteiger partial charge on any atom is -0.508 e. The number of nitrogens with one attached hydrogen (secondary N) is 1. The van der Waals surface area contributed by atoms with E-state index in [1.807, 2.05) is 36.4 Å². The number of nitrogens with two attached hydrogens (primary N) is 1. The van der Waals surface area contributed by atoms with Gasteiger partial charge in [-0.2, -0.15) is 0 Å². The van der Waals surface area contributed by atoms with Gasteiger partial charge in [0.2, 0.25) is 0 Å². The number of phenols is 3. The average Bonchev–Trinajstić information content (AvgIpc) is 3.82. The van der Waals surface area contributed by atoms with Crippen LogP contribution < -0.4 is 15.8 Å². The molecule has 370 valence electrons. The average molecular weight is 964 g/mol. The topological polar surface area (TPSA) is 152 Å². The molecule has 6 aliphatic rings. The van der Waals surface area contributed by atoms with E-state index in [-0.39, 0.29) is 54.0 Å². The highest BCUT2D eigenvalue weighted by molar-refractivity contribution is 5.88. The number of benzene rings is 5. The molecule has 5 aromatic carbocycles. The normalized spacial score (nSPS) is 27.0. The molecule has 1 aromatic heterocycles. The number of nitrogens with zero attached hydrogens (tertiary/aromatic N) is 1. The molecule has 1 saturated carbocycles. The first-order chi connectivity index (χ1) is 35.1. The van der Waals surface area contributed by atoms with Gasteiger partial charge in [-0.3, -0.25) is 0 Å². The standard InChI is InChI=1S/C62H65N3O7/c63-60-32-43-17-13-38(11-12-39-15-20-56(68)44(25-39)26-41-6-3-7-48(66)27-41)5-4-8-50-33-49(67)19-14-40-16-21-57(69)59(28-40)72-36-46-30-47(29-45-34-65(35-52(45)46)61(64-60)53(43)37-71-50)62-23-24-70-58-22-18-42(31-55(58)62)51-9-1-2-10-54(51)62/h1-3,6-7,9-10,15-16,20-21,25,27-30,32,34-35,38,42,49-50,55,58,60,64,66-69H,4-5,8,11-12,14,18-19,22-24,26,31,33,36-37,63H2.